The first-order valence-electron chi connectivity index (χ1n) is 4.94. The van der Waals surface area contributed by atoms with Crippen molar-refractivity contribution in [3.63, 3.8) is 0 Å². The van der Waals surface area contributed by atoms with E-state index in [0.717, 1.165) is 21.9 Å². The predicted octanol–water partition coefficient (Wildman–Crippen LogP) is 4.26. The number of anilines is 1. The van der Waals surface area contributed by atoms with E-state index in [1.165, 1.54) is 0 Å². The molecule has 88 valence electrons. The molecule has 0 atom stereocenters. The maximum absolute atomic E-state index is 6.07. The molecule has 2 nitrogen and oxygen atoms in total. The summed E-state index contributed by atoms with van der Waals surface area (Å²) >= 11 is 13.4. The molecule has 1 aromatic heterocycles. The third-order valence-electron chi connectivity index (χ3n) is 2.20. The number of rotatable bonds is 3. The minimum atomic E-state index is 0.406. The Hall–Kier alpha value is -0.900. The van der Waals surface area contributed by atoms with E-state index >= 15 is 0 Å². The number of nitrogens with two attached hydrogens (primary N) is 1. The summed E-state index contributed by atoms with van der Waals surface area (Å²) in [6, 6.07) is 9.38. The number of halogens is 2. The largest absolute Gasteiger partial charge is 0.398 e. The zero-order chi connectivity index (χ0) is 12.3. The van der Waals surface area contributed by atoms with Gasteiger partial charge in [0.1, 0.15) is 5.15 Å². The smallest absolute Gasteiger partial charge is 0.130 e. The molecule has 0 aliphatic rings. The Morgan fingerprint density at radius 3 is 2.71 bits per heavy atom. The van der Waals surface area contributed by atoms with Crippen molar-refractivity contribution >= 4 is 40.7 Å². The standard InChI is InChI=1S/C12H10Cl2N2S/c13-9-5-12(14)16-6-8(9)7-17-11-4-2-1-3-10(11)15/h1-6H,7,15H2. The van der Waals surface area contributed by atoms with Crippen LogP contribution in [0.2, 0.25) is 10.2 Å². The second-order valence-corrected chi connectivity index (χ2v) is 5.24. The Labute approximate surface area is 114 Å². The number of thioether (sulfide) groups is 1. The monoisotopic (exact) mass is 284 g/mol. The van der Waals surface area contributed by atoms with Gasteiger partial charge in [0.2, 0.25) is 0 Å². The zero-order valence-electron chi connectivity index (χ0n) is 8.86. The first-order valence-corrected chi connectivity index (χ1v) is 6.68. The van der Waals surface area contributed by atoms with Gasteiger partial charge < -0.3 is 5.73 Å². The highest BCUT2D eigenvalue weighted by Gasteiger charge is 2.04. The van der Waals surface area contributed by atoms with Crippen molar-refractivity contribution in [2.24, 2.45) is 0 Å². The van der Waals surface area contributed by atoms with Crippen LogP contribution in [-0.4, -0.2) is 4.98 Å². The molecule has 0 fully saturated rings. The summed E-state index contributed by atoms with van der Waals surface area (Å²) in [7, 11) is 0. The Morgan fingerprint density at radius 1 is 1.24 bits per heavy atom. The van der Waals surface area contributed by atoms with Gasteiger partial charge in [0.05, 0.1) is 0 Å². The Kier molecular flexibility index (Phi) is 4.15. The summed E-state index contributed by atoms with van der Waals surface area (Å²) in [5.41, 5.74) is 7.58. The first kappa shape index (κ1) is 12.6. The van der Waals surface area contributed by atoms with E-state index in [1.807, 2.05) is 24.3 Å². The number of benzene rings is 1. The highest BCUT2D eigenvalue weighted by molar-refractivity contribution is 7.98. The molecular formula is C12H10Cl2N2S. The van der Waals surface area contributed by atoms with Crippen molar-refractivity contribution < 1.29 is 0 Å². The van der Waals surface area contributed by atoms with Gasteiger partial charge in [-0.05, 0) is 23.8 Å². The average Bonchev–Trinajstić information content (AvgIpc) is 2.30. The van der Waals surface area contributed by atoms with Gasteiger partial charge in [0.15, 0.2) is 0 Å². The molecule has 0 aliphatic heterocycles. The van der Waals surface area contributed by atoms with Gasteiger partial charge in [-0.3, -0.25) is 0 Å². The van der Waals surface area contributed by atoms with Crippen LogP contribution in [0.4, 0.5) is 5.69 Å². The van der Waals surface area contributed by atoms with Crippen LogP contribution in [0.25, 0.3) is 0 Å². The van der Waals surface area contributed by atoms with Crippen LogP contribution in [0.15, 0.2) is 41.4 Å². The number of para-hydroxylation sites is 1. The number of hydrogen-bond acceptors (Lipinski definition) is 3. The van der Waals surface area contributed by atoms with Crippen molar-refractivity contribution in [2.45, 2.75) is 10.6 Å². The maximum Gasteiger partial charge on any atom is 0.130 e. The van der Waals surface area contributed by atoms with E-state index in [4.69, 9.17) is 28.9 Å². The lowest BCUT2D eigenvalue weighted by Gasteiger charge is -2.06. The normalized spacial score (nSPS) is 10.5. The molecule has 0 spiro atoms. The fourth-order valence-corrected chi connectivity index (χ4v) is 2.77. The van der Waals surface area contributed by atoms with Crippen LogP contribution in [0.5, 0.6) is 0 Å². The first-order chi connectivity index (χ1) is 8.16. The molecule has 0 aliphatic carbocycles. The lowest BCUT2D eigenvalue weighted by molar-refractivity contribution is 1.25. The van der Waals surface area contributed by atoms with E-state index < -0.39 is 0 Å². The van der Waals surface area contributed by atoms with Crippen molar-refractivity contribution in [3.8, 4) is 0 Å². The summed E-state index contributed by atoms with van der Waals surface area (Å²) in [6.45, 7) is 0. The number of nitrogens with zero attached hydrogens (tertiary/aromatic N) is 1. The van der Waals surface area contributed by atoms with Gasteiger partial charge in [-0.2, -0.15) is 0 Å². The highest BCUT2D eigenvalue weighted by Crippen LogP contribution is 2.30. The molecule has 0 bridgehead atoms. The predicted molar refractivity (Wildman–Crippen MR) is 74.7 cm³/mol. The van der Waals surface area contributed by atoms with Gasteiger partial charge >= 0.3 is 0 Å². The molecule has 0 unspecified atom stereocenters. The average molecular weight is 285 g/mol. The van der Waals surface area contributed by atoms with Crippen LogP contribution >= 0.6 is 35.0 Å². The van der Waals surface area contributed by atoms with Crippen molar-refractivity contribution in [3.05, 3.63) is 52.3 Å². The van der Waals surface area contributed by atoms with E-state index in [0.29, 0.717) is 10.2 Å². The topological polar surface area (TPSA) is 38.9 Å². The molecule has 5 heteroatoms. The minimum Gasteiger partial charge on any atom is -0.398 e. The van der Waals surface area contributed by atoms with E-state index in [9.17, 15) is 0 Å². The molecule has 0 radical (unpaired) electrons. The number of aromatic nitrogens is 1. The SMILES string of the molecule is Nc1ccccc1SCc1cnc(Cl)cc1Cl. The zero-order valence-corrected chi connectivity index (χ0v) is 11.2. The Balaban J connectivity index is 2.10. The molecule has 1 aromatic carbocycles. The Morgan fingerprint density at radius 2 is 2.00 bits per heavy atom. The molecule has 2 rings (SSSR count). The van der Waals surface area contributed by atoms with Gasteiger partial charge in [0.25, 0.3) is 0 Å². The number of pyridine rings is 1. The second-order valence-electron chi connectivity index (χ2n) is 3.42. The van der Waals surface area contributed by atoms with Gasteiger partial charge in [-0.1, -0.05) is 35.3 Å². The molecule has 2 N–H and O–H groups in total. The van der Waals surface area contributed by atoms with Crippen LogP contribution in [0, 0.1) is 0 Å². The van der Waals surface area contributed by atoms with Gasteiger partial charge in [0, 0.05) is 27.6 Å². The summed E-state index contributed by atoms with van der Waals surface area (Å²) < 4.78 is 0. The van der Waals surface area contributed by atoms with Crippen molar-refractivity contribution in [1.82, 2.24) is 4.98 Å². The van der Waals surface area contributed by atoms with Crippen LogP contribution in [-0.2, 0) is 5.75 Å². The summed E-state index contributed by atoms with van der Waals surface area (Å²) in [6.07, 6.45) is 1.69. The molecule has 17 heavy (non-hydrogen) atoms. The molecule has 2 aromatic rings. The number of hydrogen-bond donors (Lipinski definition) is 1. The highest BCUT2D eigenvalue weighted by atomic mass is 35.5. The molecule has 1 heterocycles. The van der Waals surface area contributed by atoms with Crippen LogP contribution < -0.4 is 5.73 Å². The van der Waals surface area contributed by atoms with Crippen LogP contribution in [0.1, 0.15) is 5.56 Å². The second kappa shape index (κ2) is 5.63. The molecule has 0 saturated carbocycles. The molecule has 0 saturated heterocycles. The third kappa shape index (κ3) is 3.28. The van der Waals surface area contributed by atoms with E-state index in [2.05, 4.69) is 4.98 Å². The summed E-state index contributed by atoms with van der Waals surface area (Å²) in [4.78, 5) is 5.05. The molecule has 0 amide bonds. The van der Waals surface area contributed by atoms with E-state index in [1.54, 1.807) is 24.0 Å². The minimum absolute atomic E-state index is 0.406. The van der Waals surface area contributed by atoms with Gasteiger partial charge in [-0.25, -0.2) is 4.98 Å². The quantitative estimate of drug-likeness (QED) is 0.520. The van der Waals surface area contributed by atoms with Crippen LogP contribution in [0.3, 0.4) is 0 Å². The van der Waals surface area contributed by atoms with E-state index in [-0.39, 0.29) is 0 Å². The maximum atomic E-state index is 6.07. The lowest BCUT2D eigenvalue weighted by atomic mass is 10.3. The number of nitrogen functional groups attached to an aromatic ring is 1. The fraction of sp³-hybridized carbons (Fsp3) is 0.0833. The van der Waals surface area contributed by atoms with Gasteiger partial charge in [-0.15, -0.1) is 11.8 Å². The third-order valence-corrected chi connectivity index (χ3v) is 3.90. The molecular weight excluding hydrogens is 275 g/mol. The summed E-state index contributed by atoms with van der Waals surface area (Å²) in [5, 5.41) is 1.04. The fourth-order valence-electron chi connectivity index (χ4n) is 1.31. The summed E-state index contributed by atoms with van der Waals surface area (Å²) in [5.74, 6) is 0.719. The van der Waals surface area contributed by atoms with Crippen molar-refractivity contribution in [2.75, 3.05) is 5.73 Å². The van der Waals surface area contributed by atoms with Crippen molar-refractivity contribution in [1.29, 1.82) is 0 Å². The Bertz CT molecular complexity index is 532. The lowest BCUT2D eigenvalue weighted by Crippen LogP contribution is -1.89.